The van der Waals surface area contributed by atoms with Gasteiger partial charge in [0.1, 0.15) is 0 Å². The Balaban J connectivity index is 3.22. The van der Waals surface area contributed by atoms with Crippen LogP contribution in [0.2, 0.25) is 0 Å². The number of rotatable bonds is 1. The summed E-state index contributed by atoms with van der Waals surface area (Å²) in [6, 6.07) is 0. The van der Waals surface area contributed by atoms with Crippen LogP contribution in [-0.4, -0.2) is 25.3 Å². The molecule has 0 N–H and O–H groups in total. The van der Waals surface area contributed by atoms with E-state index >= 15 is 0 Å². The fourth-order valence-electron chi connectivity index (χ4n) is 2.78. The molecular weight excluding hydrogens is 220 g/mol. The van der Waals surface area contributed by atoms with Gasteiger partial charge in [0.2, 0.25) is 0 Å². The highest BCUT2D eigenvalue weighted by Gasteiger charge is 2.62. The van der Waals surface area contributed by atoms with Crippen LogP contribution >= 0.6 is 0 Å². The van der Waals surface area contributed by atoms with Crippen molar-refractivity contribution in [2.75, 3.05) is 7.11 Å². The minimum absolute atomic E-state index is 0.188. The van der Waals surface area contributed by atoms with E-state index in [1.54, 1.807) is 14.0 Å². The second kappa shape index (κ2) is 4.50. The minimum atomic E-state index is -0.665. The molecule has 0 saturated carbocycles. The number of hydrogen-bond donors (Lipinski definition) is 0. The van der Waals surface area contributed by atoms with E-state index in [0.717, 1.165) is 0 Å². The van der Waals surface area contributed by atoms with Gasteiger partial charge in [-0.15, -0.1) is 0 Å². The van der Waals surface area contributed by atoms with Crippen molar-refractivity contribution < 1.29 is 19.2 Å². The maximum Gasteiger partial charge on any atom is 0.193 e. The van der Waals surface area contributed by atoms with E-state index in [0.29, 0.717) is 0 Å². The Morgan fingerprint density at radius 3 is 1.82 bits per heavy atom. The average molecular weight is 246 g/mol. The molecule has 0 radical (unpaired) electrons. The van der Waals surface area contributed by atoms with E-state index in [-0.39, 0.29) is 10.8 Å². The third-order valence-electron chi connectivity index (χ3n) is 3.40. The molecule has 4 heteroatoms. The lowest BCUT2D eigenvalue weighted by Crippen LogP contribution is -2.67. The zero-order chi connectivity index (χ0) is 13.5. The summed E-state index contributed by atoms with van der Waals surface area (Å²) in [7, 11) is 1.64. The molecule has 17 heavy (non-hydrogen) atoms. The summed E-state index contributed by atoms with van der Waals surface area (Å²) < 4.78 is 11.2. The van der Waals surface area contributed by atoms with Crippen LogP contribution in [0.3, 0.4) is 0 Å². The minimum Gasteiger partial charge on any atom is -0.353 e. The molecule has 1 rings (SSSR count). The lowest BCUT2D eigenvalue weighted by Gasteiger charge is -2.56. The highest BCUT2D eigenvalue weighted by molar-refractivity contribution is 5.03. The molecular formula is C13H26O4. The summed E-state index contributed by atoms with van der Waals surface area (Å²) >= 11 is 0. The molecule has 0 amide bonds. The van der Waals surface area contributed by atoms with Gasteiger partial charge in [-0.3, -0.25) is 0 Å². The molecule has 1 fully saturated rings. The van der Waals surface area contributed by atoms with Crippen molar-refractivity contribution in [2.24, 2.45) is 10.8 Å². The maximum atomic E-state index is 5.76. The van der Waals surface area contributed by atoms with Gasteiger partial charge >= 0.3 is 0 Å². The first-order valence-corrected chi connectivity index (χ1v) is 6.09. The van der Waals surface area contributed by atoms with Crippen LogP contribution in [0.5, 0.6) is 0 Å². The van der Waals surface area contributed by atoms with Crippen LogP contribution < -0.4 is 0 Å². The summed E-state index contributed by atoms with van der Waals surface area (Å²) in [5.74, 6) is 0. The van der Waals surface area contributed by atoms with Crippen molar-refractivity contribution in [3.8, 4) is 0 Å². The molecule has 2 atom stereocenters. The van der Waals surface area contributed by atoms with Crippen molar-refractivity contribution in [1.82, 2.24) is 0 Å². The molecule has 4 nitrogen and oxygen atoms in total. The Morgan fingerprint density at radius 1 is 1.00 bits per heavy atom. The first kappa shape index (κ1) is 14.9. The maximum absolute atomic E-state index is 5.76. The van der Waals surface area contributed by atoms with Crippen molar-refractivity contribution >= 4 is 0 Å². The Kier molecular flexibility index (Phi) is 3.94. The van der Waals surface area contributed by atoms with Gasteiger partial charge in [-0.1, -0.05) is 41.5 Å². The largest absolute Gasteiger partial charge is 0.353 e. The molecule has 102 valence electrons. The van der Waals surface area contributed by atoms with Gasteiger partial charge in [0.15, 0.2) is 18.2 Å². The van der Waals surface area contributed by atoms with Crippen LogP contribution in [0.4, 0.5) is 0 Å². The predicted octanol–water partition coefficient (Wildman–Crippen LogP) is 3.11. The Hall–Kier alpha value is -0.160. The van der Waals surface area contributed by atoms with E-state index < -0.39 is 18.2 Å². The van der Waals surface area contributed by atoms with E-state index in [9.17, 15) is 0 Å². The molecule has 1 saturated heterocycles. The summed E-state index contributed by atoms with van der Waals surface area (Å²) in [4.78, 5) is 11.0. The van der Waals surface area contributed by atoms with Crippen LogP contribution in [0.25, 0.3) is 0 Å². The van der Waals surface area contributed by atoms with Gasteiger partial charge in [0, 0.05) is 7.11 Å². The monoisotopic (exact) mass is 246 g/mol. The van der Waals surface area contributed by atoms with E-state index in [4.69, 9.17) is 19.2 Å². The predicted molar refractivity (Wildman–Crippen MR) is 65.2 cm³/mol. The number of ether oxygens (including phenoxy) is 2. The third kappa shape index (κ3) is 2.36. The van der Waals surface area contributed by atoms with Gasteiger partial charge in [0.25, 0.3) is 0 Å². The highest BCUT2D eigenvalue weighted by atomic mass is 17.2. The topological polar surface area (TPSA) is 36.9 Å². The van der Waals surface area contributed by atoms with Crippen LogP contribution in [0.1, 0.15) is 48.5 Å². The molecule has 1 aliphatic rings. The van der Waals surface area contributed by atoms with Crippen molar-refractivity contribution in [3.05, 3.63) is 0 Å². The third-order valence-corrected chi connectivity index (χ3v) is 3.40. The quantitative estimate of drug-likeness (QED) is 0.666. The van der Waals surface area contributed by atoms with Crippen LogP contribution in [0.15, 0.2) is 0 Å². The van der Waals surface area contributed by atoms with E-state index in [1.165, 1.54) is 0 Å². The van der Waals surface area contributed by atoms with Gasteiger partial charge in [0.05, 0.1) is 0 Å². The lowest BCUT2D eigenvalue weighted by molar-refractivity contribution is -0.541. The first-order valence-electron chi connectivity index (χ1n) is 6.09. The highest BCUT2D eigenvalue weighted by Crippen LogP contribution is 2.52. The molecule has 0 aliphatic carbocycles. The first-order chi connectivity index (χ1) is 7.56. The molecule has 0 aromatic heterocycles. The molecule has 0 aromatic rings. The lowest BCUT2D eigenvalue weighted by atomic mass is 9.62. The number of methoxy groups -OCH3 is 1. The Morgan fingerprint density at radius 2 is 1.47 bits per heavy atom. The standard InChI is InChI=1S/C13H26O4/c1-9-15-10(14-8)13(17-16-9,11(2,3)4)12(5,6)7/h9-10H,1-8H3. The SMILES string of the molecule is COC1OC(C)OOC1(C(C)(C)C)C(C)(C)C. The molecule has 0 spiro atoms. The van der Waals surface area contributed by atoms with Gasteiger partial charge < -0.3 is 9.47 Å². The Labute approximate surface area is 104 Å². The molecule has 1 aliphatic heterocycles. The molecule has 1 heterocycles. The fraction of sp³-hybridized carbons (Fsp3) is 1.00. The van der Waals surface area contributed by atoms with Gasteiger partial charge in [-0.25, -0.2) is 9.78 Å². The van der Waals surface area contributed by atoms with E-state index in [2.05, 4.69) is 41.5 Å². The second-order valence-electron chi connectivity index (χ2n) is 6.69. The van der Waals surface area contributed by atoms with Gasteiger partial charge in [-0.05, 0) is 17.8 Å². The smallest absolute Gasteiger partial charge is 0.193 e. The fourth-order valence-corrected chi connectivity index (χ4v) is 2.78. The molecule has 0 aromatic carbocycles. The zero-order valence-corrected chi connectivity index (χ0v) is 12.3. The normalized spacial score (nSPS) is 30.4. The van der Waals surface area contributed by atoms with Crippen LogP contribution in [0, 0.1) is 10.8 Å². The number of hydrogen-bond acceptors (Lipinski definition) is 4. The van der Waals surface area contributed by atoms with Crippen LogP contribution in [-0.2, 0) is 19.2 Å². The van der Waals surface area contributed by atoms with Crippen molar-refractivity contribution in [2.45, 2.75) is 66.6 Å². The second-order valence-corrected chi connectivity index (χ2v) is 6.69. The summed E-state index contributed by atoms with van der Waals surface area (Å²) in [6.45, 7) is 14.4. The summed E-state index contributed by atoms with van der Waals surface area (Å²) in [5.41, 5.74) is -1.04. The van der Waals surface area contributed by atoms with E-state index in [1.807, 2.05) is 0 Å². The average Bonchev–Trinajstić information content (AvgIpc) is 2.13. The van der Waals surface area contributed by atoms with Crippen molar-refractivity contribution in [1.29, 1.82) is 0 Å². The molecule has 0 bridgehead atoms. The Bertz CT molecular complexity index is 248. The summed E-state index contributed by atoms with van der Waals surface area (Å²) in [5, 5.41) is 0. The molecule has 2 unspecified atom stereocenters. The van der Waals surface area contributed by atoms with Crippen molar-refractivity contribution in [3.63, 3.8) is 0 Å². The summed E-state index contributed by atoms with van der Waals surface area (Å²) in [6.07, 6.45) is -0.871. The zero-order valence-electron chi connectivity index (χ0n) is 12.3. The van der Waals surface area contributed by atoms with Gasteiger partial charge in [-0.2, -0.15) is 0 Å².